The van der Waals surface area contributed by atoms with E-state index in [4.69, 9.17) is 22.3 Å². The molecule has 0 radical (unpaired) electrons. The van der Waals surface area contributed by atoms with Gasteiger partial charge in [0.15, 0.2) is 11.9 Å². The molecular weight excluding hydrogens is 372 g/mol. The second-order valence-electron chi connectivity index (χ2n) is 5.61. The first-order valence-corrected chi connectivity index (χ1v) is 9.18. The fraction of sp³-hybridized carbons (Fsp3) is 0.500. The monoisotopic (exact) mass is 398 g/mol. The van der Waals surface area contributed by atoms with Gasteiger partial charge in [0.05, 0.1) is 12.0 Å². The third kappa shape index (κ3) is 8.31. The van der Waals surface area contributed by atoms with Crippen molar-refractivity contribution >= 4 is 35.7 Å². The molecule has 0 saturated heterocycles. The molecule has 0 bridgehead atoms. The zero-order chi connectivity index (χ0) is 20.4. The van der Waals surface area contributed by atoms with Crippen LogP contribution in [0.5, 0.6) is 0 Å². The highest BCUT2D eigenvalue weighted by Gasteiger charge is 2.14. The molecule has 12 nitrogen and oxygen atoms in total. The summed E-state index contributed by atoms with van der Waals surface area (Å²) >= 11 is 1.64. The molecule has 0 saturated carbocycles. The Labute approximate surface area is 161 Å². The van der Waals surface area contributed by atoms with Gasteiger partial charge in [-0.1, -0.05) is 0 Å². The van der Waals surface area contributed by atoms with Crippen molar-refractivity contribution in [1.82, 2.24) is 30.4 Å². The van der Waals surface area contributed by atoms with Gasteiger partial charge in [-0.05, 0) is 6.92 Å². The van der Waals surface area contributed by atoms with Crippen LogP contribution in [-0.4, -0.2) is 76.2 Å². The Balaban J connectivity index is 2.52. The molecule has 0 aliphatic heterocycles. The fourth-order valence-corrected chi connectivity index (χ4v) is 2.98. The SMILES string of the molecule is Cc1[nH]cnc1CSCCN(CCN(C)C(=N)NC(N)=O)C(=N)NC(N)=O. The second-order valence-corrected chi connectivity index (χ2v) is 6.72. The summed E-state index contributed by atoms with van der Waals surface area (Å²) in [6.07, 6.45) is 1.65. The minimum absolute atomic E-state index is 0.123. The molecule has 9 N–H and O–H groups in total. The zero-order valence-corrected chi connectivity index (χ0v) is 16.2. The lowest BCUT2D eigenvalue weighted by Gasteiger charge is -2.28. The number of nitrogens with two attached hydrogens (primary N) is 2. The van der Waals surface area contributed by atoms with E-state index in [1.165, 1.54) is 4.90 Å². The highest BCUT2D eigenvalue weighted by Crippen LogP contribution is 2.12. The Morgan fingerprint density at radius 3 is 2.37 bits per heavy atom. The van der Waals surface area contributed by atoms with Crippen LogP contribution >= 0.6 is 11.8 Å². The number of guanidine groups is 2. The maximum atomic E-state index is 11.0. The number of hydrogen-bond donors (Lipinski definition) is 7. The quantitative estimate of drug-likeness (QED) is 0.173. The summed E-state index contributed by atoms with van der Waals surface area (Å²) < 4.78 is 0. The highest BCUT2D eigenvalue weighted by atomic mass is 32.2. The molecule has 0 aromatic carbocycles. The molecule has 150 valence electrons. The number of nitrogens with one attached hydrogen (secondary N) is 5. The Kier molecular flexibility index (Phi) is 8.92. The van der Waals surface area contributed by atoms with Crippen LogP contribution in [0.4, 0.5) is 9.59 Å². The molecule has 0 aliphatic rings. The lowest BCUT2D eigenvalue weighted by molar-refractivity contribution is 0.249. The van der Waals surface area contributed by atoms with E-state index in [0.29, 0.717) is 25.4 Å². The maximum absolute atomic E-state index is 11.0. The topological polar surface area (TPSA) is 193 Å². The van der Waals surface area contributed by atoms with Gasteiger partial charge in [-0.15, -0.1) is 0 Å². The van der Waals surface area contributed by atoms with Gasteiger partial charge in [-0.25, -0.2) is 14.6 Å². The van der Waals surface area contributed by atoms with Crippen LogP contribution in [0.2, 0.25) is 0 Å². The van der Waals surface area contributed by atoms with E-state index < -0.39 is 12.1 Å². The van der Waals surface area contributed by atoms with E-state index in [9.17, 15) is 9.59 Å². The van der Waals surface area contributed by atoms with Crippen molar-refractivity contribution in [3.63, 3.8) is 0 Å². The summed E-state index contributed by atoms with van der Waals surface area (Å²) in [6.45, 7) is 3.09. The number of primary amides is 2. The zero-order valence-electron chi connectivity index (χ0n) is 15.3. The van der Waals surface area contributed by atoms with Gasteiger partial charge in [0.2, 0.25) is 0 Å². The largest absolute Gasteiger partial charge is 0.351 e. The van der Waals surface area contributed by atoms with Crippen LogP contribution in [-0.2, 0) is 5.75 Å². The Bertz CT molecular complexity index is 677. The molecule has 0 atom stereocenters. The van der Waals surface area contributed by atoms with Gasteiger partial charge >= 0.3 is 12.1 Å². The number of carbonyl (C=O) groups excluding carboxylic acids is 2. The average molecular weight is 398 g/mol. The van der Waals surface area contributed by atoms with Crippen molar-refractivity contribution in [3.8, 4) is 0 Å². The molecule has 13 heteroatoms. The van der Waals surface area contributed by atoms with Crippen molar-refractivity contribution < 1.29 is 9.59 Å². The standard InChI is InChI=1S/C14H26N10O2S/c1-9-10(20-8-19-9)7-27-6-5-24(12(16)22-14(18)26)4-3-23(2)11(15)21-13(17)25/h8H,3-7H2,1-2H3,(H,19,20)(H4,15,17,21,25)(H4,16,18,22,26). The molecule has 1 rings (SSSR count). The molecule has 27 heavy (non-hydrogen) atoms. The van der Waals surface area contributed by atoms with E-state index in [0.717, 1.165) is 17.1 Å². The van der Waals surface area contributed by atoms with Crippen LogP contribution in [0, 0.1) is 17.7 Å². The van der Waals surface area contributed by atoms with E-state index in [1.54, 1.807) is 30.0 Å². The van der Waals surface area contributed by atoms with E-state index in [-0.39, 0.29) is 11.9 Å². The lowest BCUT2D eigenvalue weighted by atomic mass is 10.4. The minimum Gasteiger partial charge on any atom is -0.351 e. The van der Waals surface area contributed by atoms with Crippen molar-refractivity contribution in [2.45, 2.75) is 12.7 Å². The number of thioether (sulfide) groups is 1. The summed E-state index contributed by atoms with van der Waals surface area (Å²) in [5, 5.41) is 20.1. The van der Waals surface area contributed by atoms with Gasteiger partial charge in [0, 0.05) is 43.9 Å². The predicted octanol–water partition coefficient (Wildman–Crippen LogP) is -0.609. The smallest absolute Gasteiger partial charge is 0.318 e. The number of urea groups is 2. The van der Waals surface area contributed by atoms with Crippen molar-refractivity contribution in [2.75, 3.05) is 32.4 Å². The number of nitrogens with zero attached hydrogens (tertiary/aromatic N) is 3. The fourth-order valence-electron chi connectivity index (χ4n) is 2.00. The highest BCUT2D eigenvalue weighted by molar-refractivity contribution is 7.98. The first-order valence-electron chi connectivity index (χ1n) is 8.03. The third-order valence-electron chi connectivity index (χ3n) is 3.57. The Morgan fingerprint density at radius 1 is 1.19 bits per heavy atom. The molecular formula is C14H26N10O2S. The third-order valence-corrected chi connectivity index (χ3v) is 4.51. The number of aromatic nitrogens is 2. The molecule has 0 aliphatic carbocycles. The van der Waals surface area contributed by atoms with Crippen molar-refractivity contribution in [2.24, 2.45) is 11.5 Å². The molecule has 1 aromatic rings. The number of likely N-dealkylation sites (N-methyl/N-ethyl adjacent to an activating group) is 1. The normalized spacial score (nSPS) is 10.1. The van der Waals surface area contributed by atoms with E-state index in [2.05, 4.69) is 20.6 Å². The number of imidazole rings is 1. The van der Waals surface area contributed by atoms with Crippen molar-refractivity contribution in [1.29, 1.82) is 10.8 Å². The number of amides is 4. The molecule has 0 fully saturated rings. The summed E-state index contributed by atoms with van der Waals surface area (Å²) in [5.74, 6) is 1.14. The first kappa shape index (κ1) is 22.1. The van der Waals surface area contributed by atoms with Gasteiger partial charge < -0.3 is 26.3 Å². The number of aryl methyl sites for hydroxylation is 1. The molecule has 0 spiro atoms. The van der Waals surface area contributed by atoms with Gasteiger partial charge in [0.1, 0.15) is 0 Å². The maximum Gasteiger partial charge on any atom is 0.318 e. The molecule has 1 aromatic heterocycles. The van der Waals surface area contributed by atoms with Crippen LogP contribution < -0.4 is 22.1 Å². The Hall–Kier alpha value is -2.96. The number of hydrogen-bond acceptors (Lipinski definition) is 6. The molecule has 4 amide bonds. The predicted molar refractivity (Wildman–Crippen MR) is 105 cm³/mol. The summed E-state index contributed by atoms with van der Waals surface area (Å²) in [6, 6.07) is -1.64. The minimum atomic E-state index is -0.822. The van der Waals surface area contributed by atoms with E-state index >= 15 is 0 Å². The van der Waals surface area contributed by atoms with Crippen LogP contribution in [0.3, 0.4) is 0 Å². The summed E-state index contributed by atoms with van der Waals surface area (Å²) in [4.78, 5) is 32.2. The number of H-pyrrole nitrogens is 1. The van der Waals surface area contributed by atoms with Crippen LogP contribution in [0.15, 0.2) is 6.33 Å². The first-order chi connectivity index (χ1) is 12.7. The van der Waals surface area contributed by atoms with Crippen LogP contribution in [0.1, 0.15) is 11.4 Å². The lowest BCUT2D eigenvalue weighted by Crippen LogP contribution is -2.50. The Morgan fingerprint density at radius 2 is 1.81 bits per heavy atom. The average Bonchev–Trinajstić information content (AvgIpc) is 2.97. The summed E-state index contributed by atoms with van der Waals surface area (Å²) in [5.41, 5.74) is 12.1. The number of carbonyl (C=O) groups is 2. The van der Waals surface area contributed by atoms with Crippen molar-refractivity contribution in [3.05, 3.63) is 17.7 Å². The van der Waals surface area contributed by atoms with Gasteiger partial charge in [0.25, 0.3) is 0 Å². The van der Waals surface area contributed by atoms with Gasteiger partial charge in [-0.2, -0.15) is 11.8 Å². The summed E-state index contributed by atoms with van der Waals surface area (Å²) in [7, 11) is 1.61. The van der Waals surface area contributed by atoms with Crippen LogP contribution in [0.25, 0.3) is 0 Å². The molecule has 1 heterocycles. The molecule has 0 unspecified atom stereocenters. The van der Waals surface area contributed by atoms with E-state index in [1.807, 2.05) is 6.92 Å². The number of rotatable bonds is 8. The second kappa shape index (κ2) is 10.9. The van der Waals surface area contributed by atoms with Gasteiger partial charge in [-0.3, -0.25) is 21.5 Å². The number of aromatic amines is 1.